The van der Waals surface area contributed by atoms with Crippen LogP contribution in [0.25, 0.3) is 0 Å². The molecule has 0 bridgehead atoms. The predicted molar refractivity (Wildman–Crippen MR) is 95.5 cm³/mol. The van der Waals surface area contributed by atoms with Crippen LogP contribution in [0.1, 0.15) is 36.2 Å². The average Bonchev–Trinajstić information content (AvgIpc) is 2.60. The normalized spacial score (nSPS) is 10.6. The standard InChI is InChI=1S/C20H24FNO3/c1-14(2)10-11-25-18-9-8-15(12-19(18)24-3)20(23)22-13-16-6-4-5-7-17(16)21/h4-9,12,14H,10-11,13H2,1-3H3,(H,22,23). The third-order valence-corrected chi connectivity index (χ3v) is 3.78. The van der Waals surface area contributed by atoms with Crippen molar-refractivity contribution in [1.29, 1.82) is 0 Å². The molecule has 1 N–H and O–H groups in total. The molecular formula is C20H24FNO3. The maximum Gasteiger partial charge on any atom is 0.251 e. The Morgan fingerprint density at radius 2 is 1.92 bits per heavy atom. The lowest BCUT2D eigenvalue weighted by Gasteiger charge is -2.13. The van der Waals surface area contributed by atoms with Crippen LogP contribution in [-0.2, 0) is 6.54 Å². The molecule has 0 unspecified atom stereocenters. The summed E-state index contributed by atoms with van der Waals surface area (Å²) < 4.78 is 24.6. The number of carbonyl (C=O) groups is 1. The Kier molecular flexibility index (Phi) is 6.81. The van der Waals surface area contributed by atoms with Crippen LogP contribution in [0.4, 0.5) is 4.39 Å². The van der Waals surface area contributed by atoms with Gasteiger partial charge in [0, 0.05) is 17.7 Å². The summed E-state index contributed by atoms with van der Waals surface area (Å²) in [7, 11) is 1.53. The number of halogens is 1. The van der Waals surface area contributed by atoms with Crippen LogP contribution in [-0.4, -0.2) is 19.6 Å². The SMILES string of the molecule is COc1cc(C(=O)NCc2ccccc2F)ccc1OCCC(C)C. The Morgan fingerprint density at radius 1 is 1.16 bits per heavy atom. The molecule has 0 saturated heterocycles. The molecule has 25 heavy (non-hydrogen) atoms. The van der Waals surface area contributed by atoms with E-state index in [4.69, 9.17) is 9.47 Å². The molecule has 0 heterocycles. The third-order valence-electron chi connectivity index (χ3n) is 3.78. The quantitative estimate of drug-likeness (QED) is 0.780. The molecule has 0 aromatic heterocycles. The van der Waals surface area contributed by atoms with Crippen molar-refractivity contribution in [3.05, 3.63) is 59.4 Å². The molecule has 0 aliphatic rings. The minimum Gasteiger partial charge on any atom is -0.493 e. The molecule has 2 rings (SSSR count). The highest BCUT2D eigenvalue weighted by Gasteiger charge is 2.12. The molecule has 5 heteroatoms. The van der Waals surface area contributed by atoms with E-state index in [1.54, 1.807) is 36.4 Å². The summed E-state index contributed by atoms with van der Waals surface area (Å²) >= 11 is 0. The number of ether oxygens (including phenoxy) is 2. The third kappa shape index (κ3) is 5.48. The van der Waals surface area contributed by atoms with Gasteiger partial charge < -0.3 is 14.8 Å². The van der Waals surface area contributed by atoms with Crippen molar-refractivity contribution in [2.45, 2.75) is 26.8 Å². The lowest BCUT2D eigenvalue weighted by Crippen LogP contribution is -2.23. The van der Waals surface area contributed by atoms with E-state index >= 15 is 0 Å². The van der Waals surface area contributed by atoms with Crippen molar-refractivity contribution in [1.82, 2.24) is 5.32 Å². The number of nitrogens with one attached hydrogen (secondary N) is 1. The first kappa shape index (κ1) is 18.8. The number of carbonyl (C=O) groups excluding carboxylic acids is 1. The molecule has 2 aromatic rings. The van der Waals surface area contributed by atoms with Crippen LogP contribution < -0.4 is 14.8 Å². The van der Waals surface area contributed by atoms with E-state index in [0.717, 1.165) is 6.42 Å². The molecular weight excluding hydrogens is 321 g/mol. The second-order valence-corrected chi connectivity index (χ2v) is 6.17. The van der Waals surface area contributed by atoms with Gasteiger partial charge in [0.15, 0.2) is 11.5 Å². The number of amides is 1. The van der Waals surface area contributed by atoms with Crippen molar-refractivity contribution in [2.75, 3.05) is 13.7 Å². The zero-order valence-electron chi connectivity index (χ0n) is 14.8. The Balaban J connectivity index is 2.01. The van der Waals surface area contributed by atoms with Crippen LogP contribution in [0, 0.1) is 11.7 Å². The average molecular weight is 345 g/mol. The number of benzene rings is 2. The smallest absolute Gasteiger partial charge is 0.251 e. The maximum atomic E-state index is 13.6. The first-order chi connectivity index (χ1) is 12.0. The van der Waals surface area contributed by atoms with E-state index in [9.17, 15) is 9.18 Å². The van der Waals surface area contributed by atoms with Gasteiger partial charge in [-0.2, -0.15) is 0 Å². The van der Waals surface area contributed by atoms with Crippen molar-refractivity contribution in [2.24, 2.45) is 5.92 Å². The molecule has 0 aliphatic carbocycles. The van der Waals surface area contributed by atoms with Gasteiger partial charge >= 0.3 is 0 Å². The molecule has 0 radical (unpaired) electrons. The Bertz CT molecular complexity index is 716. The zero-order valence-corrected chi connectivity index (χ0v) is 14.8. The zero-order chi connectivity index (χ0) is 18.2. The highest BCUT2D eigenvalue weighted by Crippen LogP contribution is 2.28. The molecule has 0 saturated carbocycles. The van der Waals surface area contributed by atoms with Gasteiger partial charge in [0.25, 0.3) is 5.91 Å². The summed E-state index contributed by atoms with van der Waals surface area (Å²) in [5.74, 6) is 1.02. The van der Waals surface area contributed by atoms with Gasteiger partial charge in [-0.3, -0.25) is 4.79 Å². The van der Waals surface area contributed by atoms with Crippen LogP contribution in [0.15, 0.2) is 42.5 Å². The van der Waals surface area contributed by atoms with E-state index in [0.29, 0.717) is 35.2 Å². The van der Waals surface area contributed by atoms with Crippen LogP contribution >= 0.6 is 0 Å². The van der Waals surface area contributed by atoms with E-state index in [2.05, 4.69) is 19.2 Å². The van der Waals surface area contributed by atoms with E-state index in [-0.39, 0.29) is 18.3 Å². The summed E-state index contributed by atoms with van der Waals surface area (Å²) in [6, 6.07) is 11.4. The van der Waals surface area contributed by atoms with Gasteiger partial charge in [0.05, 0.1) is 13.7 Å². The lowest BCUT2D eigenvalue weighted by atomic mass is 10.1. The van der Waals surface area contributed by atoms with E-state index in [1.807, 2.05) is 0 Å². The van der Waals surface area contributed by atoms with Gasteiger partial charge in [-0.25, -0.2) is 4.39 Å². The molecule has 0 fully saturated rings. The molecule has 4 nitrogen and oxygen atoms in total. The number of hydrogen-bond donors (Lipinski definition) is 1. The fourth-order valence-electron chi connectivity index (χ4n) is 2.25. The summed E-state index contributed by atoms with van der Waals surface area (Å²) in [5.41, 5.74) is 0.876. The molecule has 2 aromatic carbocycles. The molecule has 0 spiro atoms. The van der Waals surface area contributed by atoms with E-state index in [1.165, 1.54) is 13.2 Å². The van der Waals surface area contributed by atoms with Crippen molar-refractivity contribution in [3.63, 3.8) is 0 Å². The lowest BCUT2D eigenvalue weighted by molar-refractivity contribution is 0.0950. The largest absolute Gasteiger partial charge is 0.493 e. The van der Waals surface area contributed by atoms with Crippen molar-refractivity contribution in [3.8, 4) is 11.5 Å². The van der Waals surface area contributed by atoms with Gasteiger partial charge in [0.2, 0.25) is 0 Å². The Hall–Kier alpha value is -2.56. The van der Waals surface area contributed by atoms with Gasteiger partial charge in [-0.1, -0.05) is 32.0 Å². The highest BCUT2D eigenvalue weighted by molar-refractivity contribution is 5.94. The number of rotatable bonds is 8. The number of methoxy groups -OCH3 is 1. The van der Waals surface area contributed by atoms with Crippen LogP contribution in [0.5, 0.6) is 11.5 Å². The maximum absolute atomic E-state index is 13.6. The monoisotopic (exact) mass is 345 g/mol. The van der Waals surface area contributed by atoms with Gasteiger partial charge in [0.1, 0.15) is 5.82 Å². The second kappa shape index (κ2) is 9.06. The first-order valence-corrected chi connectivity index (χ1v) is 8.33. The minimum absolute atomic E-state index is 0.125. The van der Waals surface area contributed by atoms with Crippen LogP contribution in [0.3, 0.4) is 0 Å². The summed E-state index contributed by atoms with van der Waals surface area (Å²) in [4.78, 5) is 12.3. The molecule has 1 amide bonds. The fourth-order valence-corrected chi connectivity index (χ4v) is 2.25. The van der Waals surface area contributed by atoms with Gasteiger partial charge in [-0.15, -0.1) is 0 Å². The van der Waals surface area contributed by atoms with E-state index < -0.39 is 0 Å². The minimum atomic E-state index is -0.339. The first-order valence-electron chi connectivity index (χ1n) is 8.33. The number of hydrogen-bond acceptors (Lipinski definition) is 3. The molecule has 0 aliphatic heterocycles. The summed E-state index contributed by atoms with van der Waals surface area (Å²) in [6.07, 6.45) is 0.939. The van der Waals surface area contributed by atoms with Gasteiger partial charge in [-0.05, 0) is 36.6 Å². The van der Waals surface area contributed by atoms with Crippen molar-refractivity contribution >= 4 is 5.91 Å². The predicted octanol–water partition coefficient (Wildman–Crippen LogP) is 4.19. The fraction of sp³-hybridized carbons (Fsp3) is 0.350. The Labute approximate surface area is 148 Å². The topological polar surface area (TPSA) is 47.6 Å². The molecule has 134 valence electrons. The summed E-state index contributed by atoms with van der Waals surface area (Å²) in [6.45, 7) is 4.97. The molecule has 0 atom stereocenters. The van der Waals surface area contributed by atoms with Crippen LogP contribution in [0.2, 0.25) is 0 Å². The van der Waals surface area contributed by atoms with Crippen molar-refractivity contribution < 1.29 is 18.7 Å². The summed E-state index contributed by atoms with van der Waals surface area (Å²) in [5, 5.41) is 2.71. The highest BCUT2D eigenvalue weighted by atomic mass is 19.1. The Morgan fingerprint density at radius 3 is 2.60 bits per heavy atom. The second-order valence-electron chi connectivity index (χ2n) is 6.17.